The maximum Gasteiger partial charge on any atom is 0.238 e. The first kappa shape index (κ1) is 37.6. The summed E-state index contributed by atoms with van der Waals surface area (Å²) < 4.78 is 6.39. The van der Waals surface area contributed by atoms with Crippen molar-refractivity contribution in [3.8, 4) is 33.9 Å². The molecule has 9 aromatic carbocycles. The lowest BCUT2D eigenvalue weighted by atomic mass is 9.95. The molecule has 64 heavy (non-hydrogen) atoms. The summed E-state index contributed by atoms with van der Waals surface area (Å²) in [5, 5.41) is 7.29. The van der Waals surface area contributed by atoms with Crippen molar-refractivity contribution in [1.82, 2.24) is 15.0 Å². The first-order valence-corrected chi connectivity index (χ1v) is 23.7. The Labute approximate surface area is 372 Å². The standard InChI is InChI=1S/C58H40N4OSi/c1-4-23-43(24-5-1)64(44-25-6-2-7-26-44,45-27-8-3-9-28-45)46-29-18-22-42(39-46)56-59-57(61-58(60-56)62-51-34-15-10-20-40(51)38-41-21-11-16-35-52(41)62)49-31-13-12-30-47(49)48-33-19-37-54-55(48)50-32-14-17-36-53(50)63-54/h1-37,39H,38H2. The first-order valence-electron chi connectivity index (χ1n) is 21.7. The predicted octanol–water partition coefficient (Wildman–Crippen LogP) is 11.5. The van der Waals surface area contributed by atoms with Crippen LogP contribution in [0, 0.1) is 0 Å². The molecular weight excluding hydrogens is 797 g/mol. The minimum atomic E-state index is -2.87. The fourth-order valence-corrected chi connectivity index (χ4v) is 14.7. The van der Waals surface area contributed by atoms with Crippen molar-refractivity contribution in [2.24, 2.45) is 0 Å². The van der Waals surface area contributed by atoms with Crippen LogP contribution in [0.5, 0.6) is 0 Å². The van der Waals surface area contributed by atoms with Gasteiger partial charge in [-0.1, -0.05) is 206 Å². The molecule has 0 spiro atoms. The third kappa shape index (κ3) is 6.18. The Morgan fingerprint density at radius 2 is 0.891 bits per heavy atom. The molecule has 1 aliphatic rings. The molecule has 2 aromatic heterocycles. The van der Waals surface area contributed by atoms with Crippen LogP contribution in [-0.2, 0) is 6.42 Å². The normalized spacial score (nSPS) is 12.3. The van der Waals surface area contributed by atoms with Crippen LogP contribution in [0.3, 0.4) is 0 Å². The molecule has 0 N–H and O–H groups in total. The van der Waals surface area contributed by atoms with E-state index in [1.54, 1.807) is 0 Å². The monoisotopic (exact) mass is 836 g/mol. The van der Waals surface area contributed by atoms with Crippen LogP contribution in [-0.4, -0.2) is 23.0 Å². The number of hydrogen-bond acceptors (Lipinski definition) is 5. The Hall–Kier alpha value is -8.19. The second-order valence-electron chi connectivity index (χ2n) is 16.3. The molecule has 12 rings (SSSR count). The van der Waals surface area contributed by atoms with Gasteiger partial charge in [0.15, 0.2) is 19.7 Å². The molecule has 0 radical (unpaired) electrons. The van der Waals surface area contributed by atoms with Crippen molar-refractivity contribution in [3.63, 3.8) is 0 Å². The third-order valence-corrected chi connectivity index (χ3v) is 17.5. The third-order valence-electron chi connectivity index (χ3n) is 12.7. The van der Waals surface area contributed by atoms with Crippen molar-refractivity contribution < 1.29 is 4.42 Å². The molecule has 5 nitrogen and oxygen atoms in total. The smallest absolute Gasteiger partial charge is 0.238 e. The SMILES string of the molecule is c1ccc([Si](c2ccccc2)(c2ccccc2)c2cccc(-c3nc(-c4ccccc4-c4cccc5oc6ccccc6c45)nc(N4c5ccccc5Cc5ccccc54)n3)c2)cc1. The van der Waals surface area contributed by atoms with Crippen molar-refractivity contribution in [3.05, 3.63) is 242 Å². The van der Waals surface area contributed by atoms with Crippen LogP contribution < -0.4 is 25.6 Å². The van der Waals surface area contributed by atoms with Gasteiger partial charge in [-0.05, 0) is 67.3 Å². The van der Waals surface area contributed by atoms with E-state index in [0.717, 1.165) is 62.0 Å². The summed E-state index contributed by atoms with van der Waals surface area (Å²) in [6.45, 7) is 0. The molecular formula is C58H40N4OSi. The van der Waals surface area contributed by atoms with E-state index in [1.807, 2.05) is 18.2 Å². The number of nitrogens with zero attached hydrogens (tertiary/aromatic N) is 4. The highest BCUT2D eigenvalue weighted by Crippen LogP contribution is 2.44. The first-order chi connectivity index (χ1) is 31.7. The molecule has 0 bridgehead atoms. The van der Waals surface area contributed by atoms with Gasteiger partial charge in [0.05, 0.1) is 11.4 Å². The summed E-state index contributed by atoms with van der Waals surface area (Å²) in [4.78, 5) is 18.7. The number of furan rings is 1. The number of anilines is 3. The van der Waals surface area contributed by atoms with Gasteiger partial charge < -0.3 is 4.42 Å². The highest BCUT2D eigenvalue weighted by atomic mass is 28.3. The fourth-order valence-electron chi connectivity index (χ4n) is 9.89. The largest absolute Gasteiger partial charge is 0.456 e. The van der Waals surface area contributed by atoms with Gasteiger partial charge in [0.25, 0.3) is 0 Å². The molecule has 1 aliphatic heterocycles. The molecule has 3 heterocycles. The Morgan fingerprint density at radius 1 is 0.391 bits per heavy atom. The summed E-state index contributed by atoms with van der Waals surface area (Å²) in [5.74, 6) is 1.75. The average molecular weight is 837 g/mol. The number of benzene rings is 9. The van der Waals surface area contributed by atoms with E-state index in [-0.39, 0.29) is 0 Å². The second-order valence-corrected chi connectivity index (χ2v) is 20.1. The number of para-hydroxylation sites is 3. The van der Waals surface area contributed by atoms with Crippen LogP contribution >= 0.6 is 0 Å². The van der Waals surface area contributed by atoms with Gasteiger partial charge in [-0.25, -0.2) is 4.98 Å². The lowest BCUT2D eigenvalue weighted by Crippen LogP contribution is -2.74. The van der Waals surface area contributed by atoms with Crippen LogP contribution in [0.1, 0.15) is 11.1 Å². The van der Waals surface area contributed by atoms with Gasteiger partial charge in [-0.15, -0.1) is 0 Å². The lowest BCUT2D eigenvalue weighted by Gasteiger charge is -2.34. The predicted molar refractivity (Wildman–Crippen MR) is 265 cm³/mol. The number of fused-ring (bicyclic) bond motifs is 5. The molecule has 0 unspecified atom stereocenters. The fraction of sp³-hybridized carbons (Fsp3) is 0.0172. The number of aromatic nitrogens is 3. The Kier molecular flexibility index (Phi) is 9.16. The molecule has 302 valence electrons. The van der Waals surface area contributed by atoms with Gasteiger partial charge in [-0.3, -0.25) is 4.90 Å². The summed E-state index contributed by atoms with van der Waals surface area (Å²) in [7, 11) is -2.87. The molecule has 0 atom stereocenters. The van der Waals surface area contributed by atoms with Gasteiger partial charge in [0.1, 0.15) is 11.2 Å². The van der Waals surface area contributed by atoms with E-state index in [4.69, 9.17) is 19.4 Å². The Morgan fingerprint density at radius 3 is 1.56 bits per heavy atom. The molecule has 0 amide bonds. The van der Waals surface area contributed by atoms with Crippen molar-refractivity contribution in [1.29, 1.82) is 0 Å². The second kappa shape index (κ2) is 15.6. The molecule has 6 heteroatoms. The van der Waals surface area contributed by atoms with E-state index < -0.39 is 8.07 Å². The molecule has 0 saturated carbocycles. The van der Waals surface area contributed by atoms with E-state index >= 15 is 0 Å². The molecule has 0 fully saturated rings. The quantitative estimate of drug-likeness (QED) is 0.113. The highest BCUT2D eigenvalue weighted by Gasteiger charge is 2.41. The summed E-state index contributed by atoms with van der Waals surface area (Å²) in [5.41, 5.74) is 10.1. The minimum absolute atomic E-state index is 0.560. The van der Waals surface area contributed by atoms with Crippen molar-refractivity contribution in [2.45, 2.75) is 6.42 Å². The van der Waals surface area contributed by atoms with Gasteiger partial charge in [-0.2, -0.15) is 9.97 Å². The topological polar surface area (TPSA) is 55.1 Å². The van der Waals surface area contributed by atoms with Crippen LogP contribution in [0.25, 0.3) is 55.8 Å². The Balaban J connectivity index is 1.12. The van der Waals surface area contributed by atoms with E-state index in [9.17, 15) is 0 Å². The van der Waals surface area contributed by atoms with Crippen LogP contribution in [0.15, 0.2) is 235 Å². The van der Waals surface area contributed by atoms with Gasteiger partial charge in [0, 0.05) is 28.3 Å². The zero-order valence-electron chi connectivity index (χ0n) is 34.8. The molecule has 0 aliphatic carbocycles. The number of hydrogen-bond donors (Lipinski definition) is 0. The zero-order chi connectivity index (χ0) is 42.5. The molecule has 0 saturated heterocycles. The summed E-state index contributed by atoms with van der Waals surface area (Å²) in [6, 6.07) is 82.2. The van der Waals surface area contributed by atoms with Crippen LogP contribution in [0.4, 0.5) is 17.3 Å². The lowest BCUT2D eigenvalue weighted by molar-refractivity contribution is 0.669. The van der Waals surface area contributed by atoms with Gasteiger partial charge in [0.2, 0.25) is 5.95 Å². The summed E-state index contributed by atoms with van der Waals surface area (Å²) >= 11 is 0. The Bertz CT molecular complexity index is 3360. The van der Waals surface area contributed by atoms with Crippen molar-refractivity contribution >= 4 is 68.1 Å². The van der Waals surface area contributed by atoms with E-state index in [0.29, 0.717) is 17.6 Å². The average Bonchev–Trinajstić information content (AvgIpc) is 3.76. The van der Waals surface area contributed by atoms with E-state index in [1.165, 1.54) is 31.9 Å². The highest BCUT2D eigenvalue weighted by molar-refractivity contribution is 7.19. The maximum atomic E-state index is 6.39. The van der Waals surface area contributed by atoms with Gasteiger partial charge >= 0.3 is 0 Å². The van der Waals surface area contributed by atoms with Crippen LogP contribution in [0.2, 0.25) is 0 Å². The zero-order valence-corrected chi connectivity index (χ0v) is 35.8. The van der Waals surface area contributed by atoms with Crippen molar-refractivity contribution in [2.75, 3.05) is 4.90 Å². The summed E-state index contributed by atoms with van der Waals surface area (Å²) in [6.07, 6.45) is 0.826. The maximum absolute atomic E-state index is 6.39. The molecule has 11 aromatic rings. The number of rotatable bonds is 8. The van der Waals surface area contributed by atoms with E-state index in [2.05, 4.69) is 217 Å². The minimum Gasteiger partial charge on any atom is -0.456 e.